The van der Waals surface area contributed by atoms with Crippen LogP contribution in [0.25, 0.3) is 11.6 Å². The minimum Gasteiger partial charge on any atom is -0.444 e. The van der Waals surface area contributed by atoms with Crippen LogP contribution >= 0.6 is 0 Å². The summed E-state index contributed by atoms with van der Waals surface area (Å²) < 4.78 is 5.30. The molecule has 28 heavy (non-hydrogen) atoms. The zero-order valence-electron chi connectivity index (χ0n) is 17.0. The third-order valence-electron chi connectivity index (χ3n) is 4.49. The van der Waals surface area contributed by atoms with Gasteiger partial charge in [-0.3, -0.25) is 10.1 Å². The molecule has 0 radical (unpaired) electrons. The zero-order chi connectivity index (χ0) is 20.5. The molecule has 148 valence electrons. The minimum atomic E-state index is -0.579. The van der Waals surface area contributed by atoms with Gasteiger partial charge in [-0.05, 0) is 69.5 Å². The van der Waals surface area contributed by atoms with Crippen molar-refractivity contribution in [3.8, 4) is 0 Å². The van der Waals surface area contributed by atoms with Crippen LogP contribution in [0.1, 0.15) is 57.1 Å². The normalized spacial score (nSPS) is 14.8. The van der Waals surface area contributed by atoms with Crippen molar-refractivity contribution in [3.05, 3.63) is 46.8 Å². The first-order valence-electron chi connectivity index (χ1n) is 9.58. The number of amides is 2. The van der Waals surface area contributed by atoms with E-state index in [2.05, 4.69) is 35.5 Å². The molecule has 3 N–H and O–H groups in total. The number of hydrogen-bond donors (Lipinski definition) is 3. The number of benzene rings is 1. The fraction of sp³-hybridized carbons (Fsp3) is 0.364. The first-order valence-corrected chi connectivity index (χ1v) is 9.58. The first kappa shape index (κ1) is 19.7. The number of ether oxygens (including phenoxy) is 1. The lowest BCUT2D eigenvalue weighted by molar-refractivity contribution is -0.110. The Kier molecular flexibility index (Phi) is 5.31. The molecule has 1 aromatic heterocycles. The molecule has 0 saturated carbocycles. The standard InChI is InChI=1S/C22H27N3O3/c1-6-13-10-14(7-2)23-19(13)12-17-16-11-15(8-9-18(16)25-20(17)26)24-21(27)28-22(3,4)5/h8-12,23H,6-7H2,1-5H3,(H,24,27)(H,25,26). The fourth-order valence-electron chi connectivity index (χ4n) is 3.16. The molecule has 0 spiro atoms. The first-order chi connectivity index (χ1) is 13.2. The Bertz CT molecular complexity index is 948. The highest BCUT2D eigenvalue weighted by molar-refractivity contribution is 6.35. The van der Waals surface area contributed by atoms with Crippen LogP contribution < -0.4 is 10.6 Å². The van der Waals surface area contributed by atoms with Gasteiger partial charge in [0, 0.05) is 28.3 Å². The van der Waals surface area contributed by atoms with E-state index in [0.717, 1.165) is 35.5 Å². The Morgan fingerprint density at radius 1 is 1.18 bits per heavy atom. The van der Waals surface area contributed by atoms with Crippen LogP contribution in [0.2, 0.25) is 0 Å². The average molecular weight is 381 g/mol. The van der Waals surface area contributed by atoms with Crippen LogP contribution in [-0.2, 0) is 22.4 Å². The molecule has 1 aliphatic heterocycles. The summed E-state index contributed by atoms with van der Waals surface area (Å²) in [4.78, 5) is 28.0. The van der Waals surface area contributed by atoms with Crippen molar-refractivity contribution in [2.75, 3.05) is 10.6 Å². The van der Waals surface area contributed by atoms with Crippen molar-refractivity contribution in [2.24, 2.45) is 0 Å². The molecular formula is C22H27N3O3. The molecule has 0 bridgehead atoms. The van der Waals surface area contributed by atoms with Gasteiger partial charge in [0.25, 0.3) is 5.91 Å². The number of H-pyrrole nitrogens is 1. The van der Waals surface area contributed by atoms with Gasteiger partial charge in [0.05, 0.1) is 5.57 Å². The molecule has 2 amide bonds. The van der Waals surface area contributed by atoms with Crippen LogP contribution in [0.5, 0.6) is 0 Å². The van der Waals surface area contributed by atoms with Crippen LogP contribution in [0.3, 0.4) is 0 Å². The van der Waals surface area contributed by atoms with Gasteiger partial charge in [0.2, 0.25) is 0 Å². The fourth-order valence-corrected chi connectivity index (χ4v) is 3.16. The second kappa shape index (κ2) is 7.54. The topological polar surface area (TPSA) is 83.2 Å². The number of aryl methyl sites for hydroxylation is 2. The molecule has 6 nitrogen and oxygen atoms in total. The molecule has 2 aromatic rings. The smallest absolute Gasteiger partial charge is 0.412 e. The van der Waals surface area contributed by atoms with Crippen molar-refractivity contribution in [2.45, 2.75) is 53.1 Å². The molecular weight excluding hydrogens is 354 g/mol. The van der Waals surface area contributed by atoms with Crippen LogP contribution in [0.15, 0.2) is 24.3 Å². The number of aromatic amines is 1. The van der Waals surface area contributed by atoms with E-state index in [1.54, 1.807) is 18.2 Å². The molecule has 0 unspecified atom stereocenters. The largest absolute Gasteiger partial charge is 0.444 e. The third-order valence-corrected chi connectivity index (χ3v) is 4.49. The Morgan fingerprint density at radius 3 is 2.57 bits per heavy atom. The lowest BCUT2D eigenvalue weighted by Gasteiger charge is -2.19. The molecule has 0 aliphatic carbocycles. The molecule has 1 aromatic carbocycles. The highest BCUT2D eigenvalue weighted by atomic mass is 16.6. The van der Waals surface area contributed by atoms with E-state index in [0.29, 0.717) is 11.3 Å². The molecule has 0 atom stereocenters. The summed E-state index contributed by atoms with van der Waals surface area (Å²) in [7, 11) is 0. The summed E-state index contributed by atoms with van der Waals surface area (Å²) in [6, 6.07) is 7.46. The highest BCUT2D eigenvalue weighted by Gasteiger charge is 2.25. The van der Waals surface area contributed by atoms with Gasteiger partial charge in [-0.25, -0.2) is 4.79 Å². The minimum absolute atomic E-state index is 0.154. The number of nitrogens with one attached hydrogen (secondary N) is 3. The monoisotopic (exact) mass is 381 g/mol. The van der Waals surface area contributed by atoms with Gasteiger partial charge >= 0.3 is 6.09 Å². The van der Waals surface area contributed by atoms with Crippen LogP contribution in [0, 0.1) is 0 Å². The average Bonchev–Trinajstić information content (AvgIpc) is 3.14. The van der Waals surface area contributed by atoms with E-state index < -0.39 is 11.7 Å². The predicted octanol–water partition coefficient (Wildman–Crippen LogP) is 4.98. The third kappa shape index (κ3) is 4.27. The summed E-state index contributed by atoms with van der Waals surface area (Å²) in [6.45, 7) is 9.62. The quantitative estimate of drug-likeness (QED) is 0.653. The lowest BCUT2D eigenvalue weighted by atomic mass is 10.0. The van der Waals surface area contributed by atoms with E-state index in [1.807, 2.05) is 26.8 Å². The van der Waals surface area contributed by atoms with Crippen LogP contribution in [-0.4, -0.2) is 22.6 Å². The Hall–Kier alpha value is -3.02. The molecule has 6 heteroatoms. The van der Waals surface area contributed by atoms with Crippen molar-refractivity contribution >= 4 is 35.0 Å². The summed E-state index contributed by atoms with van der Waals surface area (Å²) in [6.07, 6.45) is 3.14. The number of fused-ring (bicyclic) bond motifs is 1. The number of anilines is 2. The molecule has 1 aliphatic rings. The van der Waals surface area contributed by atoms with Crippen LogP contribution in [0.4, 0.5) is 16.2 Å². The Morgan fingerprint density at radius 2 is 1.93 bits per heavy atom. The number of carbonyl (C=O) groups excluding carboxylic acids is 2. The number of hydrogen-bond acceptors (Lipinski definition) is 3. The van der Waals surface area contributed by atoms with Crippen molar-refractivity contribution in [1.29, 1.82) is 0 Å². The van der Waals surface area contributed by atoms with Gasteiger partial charge < -0.3 is 15.0 Å². The van der Waals surface area contributed by atoms with Gasteiger partial charge in [-0.1, -0.05) is 13.8 Å². The summed E-state index contributed by atoms with van der Waals surface area (Å²) in [5.74, 6) is -0.154. The molecule has 3 rings (SSSR count). The van der Waals surface area contributed by atoms with Gasteiger partial charge in [0.1, 0.15) is 5.60 Å². The maximum absolute atomic E-state index is 12.5. The summed E-state index contributed by atoms with van der Waals surface area (Å²) in [5, 5.41) is 5.61. The number of aromatic nitrogens is 1. The van der Waals surface area contributed by atoms with Crippen molar-refractivity contribution in [1.82, 2.24) is 4.98 Å². The molecule has 0 fully saturated rings. The van der Waals surface area contributed by atoms with Crippen molar-refractivity contribution < 1.29 is 14.3 Å². The second-order valence-electron chi connectivity index (χ2n) is 7.84. The molecule has 2 heterocycles. The molecule has 0 saturated heterocycles. The second-order valence-corrected chi connectivity index (χ2v) is 7.84. The highest BCUT2D eigenvalue weighted by Crippen LogP contribution is 2.35. The van der Waals surface area contributed by atoms with E-state index in [-0.39, 0.29) is 5.91 Å². The maximum Gasteiger partial charge on any atom is 0.412 e. The van der Waals surface area contributed by atoms with Crippen molar-refractivity contribution in [3.63, 3.8) is 0 Å². The van der Waals surface area contributed by atoms with Gasteiger partial charge in [-0.2, -0.15) is 0 Å². The Balaban J connectivity index is 1.92. The SMILES string of the molecule is CCc1cc(CC)c(C=C2C(=O)Nc3ccc(NC(=O)OC(C)(C)C)cc32)[nH]1. The maximum atomic E-state index is 12.5. The van der Waals surface area contributed by atoms with E-state index in [1.165, 1.54) is 5.56 Å². The van der Waals surface area contributed by atoms with E-state index in [9.17, 15) is 9.59 Å². The summed E-state index contributed by atoms with van der Waals surface area (Å²) >= 11 is 0. The number of carbonyl (C=O) groups is 2. The van der Waals surface area contributed by atoms with Gasteiger partial charge in [-0.15, -0.1) is 0 Å². The number of rotatable bonds is 4. The lowest BCUT2D eigenvalue weighted by Crippen LogP contribution is -2.27. The van der Waals surface area contributed by atoms with E-state index >= 15 is 0 Å². The van der Waals surface area contributed by atoms with E-state index in [4.69, 9.17) is 4.74 Å². The predicted molar refractivity (Wildman–Crippen MR) is 112 cm³/mol. The zero-order valence-corrected chi connectivity index (χ0v) is 17.0. The summed E-state index contributed by atoms with van der Waals surface area (Å²) in [5.41, 5.74) is 5.32. The Labute approximate surface area is 165 Å². The van der Waals surface area contributed by atoms with Gasteiger partial charge in [0.15, 0.2) is 0 Å².